The van der Waals surface area contributed by atoms with Crippen molar-refractivity contribution in [1.82, 2.24) is 5.48 Å². The molecule has 0 spiro atoms. The predicted octanol–water partition coefficient (Wildman–Crippen LogP) is 3.66. The van der Waals surface area contributed by atoms with Gasteiger partial charge in [0, 0.05) is 6.07 Å². The number of nitrogens with one attached hydrogen (secondary N) is 1. The van der Waals surface area contributed by atoms with Crippen molar-refractivity contribution < 1.29 is 33.0 Å². The van der Waals surface area contributed by atoms with E-state index in [1.165, 1.54) is 31.2 Å². The maximum Gasteiger partial charge on any atom is 0.416 e. The third-order valence-electron chi connectivity index (χ3n) is 3.73. The Morgan fingerprint density at radius 1 is 1.14 bits per heavy atom. The van der Waals surface area contributed by atoms with Crippen molar-refractivity contribution in [3.8, 4) is 17.6 Å². The molecule has 2 aromatic carbocycles. The number of carbonyl (C=O) groups excluding carboxylic acids is 1. The SMILES string of the molecule is C/C(=C(/C#N)C(=O)NOCc1ccc(C(F)(F)F)cc1)c1cc(O)cc(O)c1. The van der Waals surface area contributed by atoms with Crippen LogP contribution in [0.15, 0.2) is 48.0 Å². The number of hydrogen-bond donors (Lipinski definition) is 3. The molecule has 0 saturated carbocycles. The summed E-state index contributed by atoms with van der Waals surface area (Å²) in [5.41, 5.74) is 1.73. The molecule has 146 valence electrons. The van der Waals surface area contributed by atoms with E-state index in [2.05, 4.69) is 0 Å². The average Bonchev–Trinajstić information content (AvgIpc) is 2.61. The normalized spacial score (nSPS) is 12.1. The zero-order chi connectivity index (χ0) is 20.9. The summed E-state index contributed by atoms with van der Waals surface area (Å²) in [6.45, 7) is 1.23. The standard InChI is InChI=1S/C19H15F3N2O4/c1-11(13-6-15(25)8-16(26)7-13)17(9-23)18(27)24-28-10-12-2-4-14(5-3-12)19(20,21)22/h2-8,25-26H,10H2,1H3,(H,24,27)/b17-11+. The van der Waals surface area contributed by atoms with Gasteiger partial charge in [-0.3, -0.25) is 9.63 Å². The number of phenolic OH excluding ortho intramolecular Hbond substituents is 2. The summed E-state index contributed by atoms with van der Waals surface area (Å²) in [5, 5.41) is 28.3. The minimum absolute atomic E-state index is 0.185. The Kier molecular flexibility index (Phi) is 6.28. The van der Waals surface area contributed by atoms with Crippen LogP contribution in [0.2, 0.25) is 0 Å². The van der Waals surface area contributed by atoms with Crippen LogP contribution in [0.25, 0.3) is 5.57 Å². The van der Waals surface area contributed by atoms with Gasteiger partial charge in [-0.05, 0) is 47.9 Å². The lowest BCUT2D eigenvalue weighted by molar-refractivity contribution is -0.137. The quantitative estimate of drug-likeness (QED) is 0.409. The molecule has 0 aliphatic carbocycles. The number of benzene rings is 2. The number of halogens is 3. The van der Waals surface area contributed by atoms with Crippen LogP contribution in [-0.4, -0.2) is 16.1 Å². The first-order valence-corrected chi connectivity index (χ1v) is 7.84. The van der Waals surface area contributed by atoms with Crippen molar-refractivity contribution in [1.29, 1.82) is 5.26 Å². The van der Waals surface area contributed by atoms with Gasteiger partial charge in [-0.2, -0.15) is 18.4 Å². The number of hydrogen-bond acceptors (Lipinski definition) is 5. The van der Waals surface area contributed by atoms with Gasteiger partial charge in [0.05, 0.1) is 12.2 Å². The lowest BCUT2D eigenvalue weighted by atomic mass is 10.0. The number of allylic oxidation sites excluding steroid dienone is 1. The second kappa shape index (κ2) is 8.45. The number of aromatic hydroxyl groups is 2. The number of alkyl halides is 3. The molecule has 0 unspecified atom stereocenters. The highest BCUT2D eigenvalue weighted by molar-refractivity contribution is 6.04. The number of phenols is 2. The second-order valence-electron chi connectivity index (χ2n) is 5.76. The Bertz CT molecular complexity index is 925. The fraction of sp³-hybridized carbons (Fsp3) is 0.158. The van der Waals surface area contributed by atoms with Crippen LogP contribution in [0.3, 0.4) is 0 Å². The third-order valence-corrected chi connectivity index (χ3v) is 3.73. The fourth-order valence-electron chi connectivity index (χ4n) is 2.29. The molecule has 28 heavy (non-hydrogen) atoms. The van der Waals surface area contributed by atoms with Crippen molar-refractivity contribution >= 4 is 11.5 Å². The van der Waals surface area contributed by atoms with Gasteiger partial charge in [-0.15, -0.1) is 0 Å². The zero-order valence-corrected chi connectivity index (χ0v) is 14.5. The van der Waals surface area contributed by atoms with Gasteiger partial charge in [0.1, 0.15) is 23.1 Å². The van der Waals surface area contributed by atoms with E-state index in [1.54, 1.807) is 6.07 Å². The molecule has 3 N–H and O–H groups in total. The van der Waals surface area contributed by atoms with E-state index in [0.29, 0.717) is 5.56 Å². The molecule has 0 aromatic heterocycles. The Morgan fingerprint density at radius 2 is 1.71 bits per heavy atom. The van der Waals surface area contributed by atoms with Crippen molar-refractivity contribution in [2.45, 2.75) is 19.7 Å². The topological polar surface area (TPSA) is 103 Å². The first-order valence-electron chi connectivity index (χ1n) is 7.84. The molecule has 0 fully saturated rings. The monoisotopic (exact) mass is 392 g/mol. The van der Waals surface area contributed by atoms with Crippen LogP contribution in [0.5, 0.6) is 11.5 Å². The summed E-state index contributed by atoms with van der Waals surface area (Å²) in [4.78, 5) is 17.1. The maximum atomic E-state index is 12.5. The Hall–Kier alpha value is -3.51. The number of carbonyl (C=O) groups is 1. The molecule has 1 amide bonds. The molecule has 0 bridgehead atoms. The summed E-state index contributed by atoms with van der Waals surface area (Å²) in [5.74, 6) is -1.37. The molecule has 0 atom stereocenters. The molecule has 6 nitrogen and oxygen atoms in total. The first-order chi connectivity index (χ1) is 13.1. The van der Waals surface area contributed by atoms with Crippen LogP contribution in [0.1, 0.15) is 23.6 Å². The molecule has 9 heteroatoms. The number of hydroxylamine groups is 1. The van der Waals surface area contributed by atoms with Gasteiger partial charge in [-0.25, -0.2) is 5.48 Å². The number of nitrogens with zero attached hydrogens (tertiary/aromatic N) is 1. The zero-order valence-electron chi connectivity index (χ0n) is 14.5. The molecular formula is C19H15F3N2O4. The fourth-order valence-corrected chi connectivity index (χ4v) is 2.29. The van der Waals surface area contributed by atoms with Crippen LogP contribution < -0.4 is 5.48 Å². The Morgan fingerprint density at radius 3 is 2.21 bits per heavy atom. The van der Waals surface area contributed by atoms with Crippen LogP contribution in [-0.2, 0) is 22.4 Å². The third kappa shape index (κ3) is 5.25. The maximum absolute atomic E-state index is 12.5. The lowest BCUT2D eigenvalue weighted by Gasteiger charge is -2.10. The van der Waals surface area contributed by atoms with Crippen molar-refractivity contribution in [3.05, 3.63) is 64.7 Å². The highest BCUT2D eigenvalue weighted by Gasteiger charge is 2.29. The molecule has 0 radical (unpaired) electrons. The van der Waals surface area contributed by atoms with E-state index in [4.69, 9.17) is 4.84 Å². The number of rotatable bonds is 5. The van der Waals surface area contributed by atoms with Crippen LogP contribution >= 0.6 is 0 Å². The minimum atomic E-state index is -4.45. The van der Waals surface area contributed by atoms with Gasteiger partial charge in [0.15, 0.2) is 0 Å². The van der Waals surface area contributed by atoms with Crippen LogP contribution in [0.4, 0.5) is 13.2 Å². The molecule has 2 aromatic rings. The summed E-state index contributed by atoms with van der Waals surface area (Å²) in [6.07, 6.45) is -4.45. The Labute approximate surface area is 158 Å². The van der Waals surface area contributed by atoms with Gasteiger partial charge >= 0.3 is 6.18 Å². The van der Waals surface area contributed by atoms with Crippen LogP contribution in [0, 0.1) is 11.3 Å². The lowest BCUT2D eigenvalue weighted by Crippen LogP contribution is -2.25. The largest absolute Gasteiger partial charge is 0.508 e. The van der Waals surface area contributed by atoms with E-state index in [1.807, 2.05) is 5.48 Å². The van der Waals surface area contributed by atoms with E-state index >= 15 is 0 Å². The van der Waals surface area contributed by atoms with E-state index in [-0.39, 0.29) is 34.8 Å². The van der Waals surface area contributed by atoms with Crippen molar-refractivity contribution in [2.24, 2.45) is 0 Å². The average molecular weight is 392 g/mol. The summed E-state index contributed by atoms with van der Waals surface area (Å²) in [7, 11) is 0. The number of nitriles is 1. The minimum Gasteiger partial charge on any atom is -0.508 e. The van der Waals surface area contributed by atoms with Gasteiger partial charge in [0.2, 0.25) is 0 Å². The summed E-state index contributed by atoms with van der Waals surface area (Å²) < 4.78 is 37.5. The van der Waals surface area contributed by atoms with Crippen molar-refractivity contribution in [3.63, 3.8) is 0 Å². The van der Waals surface area contributed by atoms with E-state index in [0.717, 1.165) is 18.2 Å². The van der Waals surface area contributed by atoms with Crippen molar-refractivity contribution in [2.75, 3.05) is 0 Å². The smallest absolute Gasteiger partial charge is 0.416 e. The molecular weight excluding hydrogens is 377 g/mol. The Balaban J connectivity index is 2.05. The number of amides is 1. The summed E-state index contributed by atoms with van der Waals surface area (Å²) >= 11 is 0. The molecule has 0 saturated heterocycles. The first kappa shape index (κ1) is 20.8. The second-order valence-corrected chi connectivity index (χ2v) is 5.76. The molecule has 0 aliphatic rings. The molecule has 2 rings (SSSR count). The van der Waals surface area contributed by atoms with Gasteiger partial charge < -0.3 is 10.2 Å². The molecule has 0 heterocycles. The van der Waals surface area contributed by atoms with Gasteiger partial charge in [0.25, 0.3) is 5.91 Å². The predicted molar refractivity (Wildman–Crippen MR) is 92.4 cm³/mol. The van der Waals surface area contributed by atoms with Gasteiger partial charge in [-0.1, -0.05) is 12.1 Å². The highest BCUT2D eigenvalue weighted by Crippen LogP contribution is 2.29. The van der Waals surface area contributed by atoms with E-state index in [9.17, 15) is 33.4 Å². The molecule has 0 aliphatic heterocycles. The highest BCUT2D eigenvalue weighted by atomic mass is 19.4. The van der Waals surface area contributed by atoms with E-state index < -0.39 is 17.6 Å². The summed E-state index contributed by atoms with van der Waals surface area (Å²) in [6, 6.07) is 9.52.